The maximum Gasteiger partial charge on any atom is 0.203 e. The topological polar surface area (TPSA) is 35.2 Å². The number of halogens is 3. The maximum atomic E-state index is 12.9. The smallest absolute Gasteiger partial charge is 0.203 e. The zero-order valence-corrected chi connectivity index (χ0v) is 6.90. The maximum absolute atomic E-state index is 12.9. The van der Waals surface area contributed by atoms with E-state index in [9.17, 15) is 13.2 Å². The number of rotatable bonds is 2. The molecule has 2 nitrogen and oxygen atoms in total. The summed E-state index contributed by atoms with van der Waals surface area (Å²) in [4.78, 5) is 0. The molecule has 72 valence electrons. The van der Waals surface area contributed by atoms with Crippen LogP contribution in [-0.2, 0) is 6.54 Å². The summed E-state index contributed by atoms with van der Waals surface area (Å²) in [6, 6.07) is 0.817. The van der Waals surface area contributed by atoms with Gasteiger partial charge < -0.3 is 10.5 Å². The van der Waals surface area contributed by atoms with Gasteiger partial charge in [0.05, 0.1) is 7.11 Å². The number of ether oxygens (including phenoxy) is 1. The second kappa shape index (κ2) is 3.66. The zero-order valence-electron chi connectivity index (χ0n) is 6.90. The molecule has 0 heterocycles. The molecule has 0 aliphatic rings. The molecule has 0 fully saturated rings. The van der Waals surface area contributed by atoms with Crippen LogP contribution in [0.3, 0.4) is 0 Å². The van der Waals surface area contributed by atoms with Crippen molar-refractivity contribution in [3.05, 3.63) is 29.1 Å². The van der Waals surface area contributed by atoms with Gasteiger partial charge in [-0.2, -0.15) is 4.39 Å². The van der Waals surface area contributed by atoms with Crippen molar-refractivity contribution in [3.63, 3.8) is 0 Å². The number of benzene rings is 1. The van der Waals surface area contributed by atoms with Crippen molar-refractivity contribution in [1.29, 1.82) is 0 Å². The molecule has 2 N–H and O–H groups in total. The third-order valence-electron chi connectivity index (χ3n) is 1.62. The first-order chi connectivity index (χ1) is 6.11. The molecule has 0 atom stereocenters. The van der Waals surface area contributed by atoms with Crippen LogP contribution in [0.15, 0.2) is 6.07 Å². The Balaban J connectivity index is 3.39. The van der Waals surface area contributed by atoms with E-state index in [1.807, 2.05) is 0 Å². The van der Waals surface area contributed by atoms with Gasteiger partial charge in [0.25, 0.3) is 0 Å². The van der Waals surface area contributed by atoms with Crippen LogP contribution in [0.4, 0.5) is 13.2 Å². The van der Waals surface area contributed by atoms with Crippen LogP contribution in [-0.4, -0.2) is 7.11 Å². The van der Waals surface area contributed by atoms with Gasteiger partial charge in [0.1, 0.15) is 0 Å². The SMILES string of the molecule is COc1c(CN)cc(F)c(F)c1F. The van der Waals surface area contributed by atoms with E-state index in [1.54, 1.807) is 0 Å². The summed E-state index contributed by atoms with van der Waals surface area (Å²) in [6.45, 7) is -0.114. The summed E-state index contributed by atoms with van der Waals surface area (Å²) in [5.74, 6) is -4.50. The molecule has 1 aromatic carbocycles. The first-order valence-electron chi connectivity index (χ1n) is 3.52. The van der Waals surface area contributed by atoms with Crippen LogP contribution in [0.25, 0.3) is 0 Å². The molecule has 1 aromatic rings. The van der Waals surface area contributed by atoms with Gasteiger partial charge in [-0.3, -0.25) is 0 Å². The third kappa shape index (κ3) is 1.60. The number of hydrogen-bond acceptors (Lipinski definition) is 2. The minimum Gasteiger partial charge on any atom is -0.493 e. The molecule has 0 spiro atoms. The quantitative estimate of drug-likeness (QED) is 0.720. The fourth-order valence-electron chi connectivity index (χ4n) is 1.000. The summed E-state index contributed by atoms with van der Waals surface area (Å²) in [7, 11) is 1.16. The van der Waals surface area contributed by atoms with Crippen LogP contribution in [0.5, 0.6) is 5.75 Å². The summed E-state index contributed by atoms with van der Waals surface area (Å²) < 4.78 is 42.7. The minimum atomic E-state index is -1.55. The van der Waals surface area contributed by atoms with Crippen LogP contribution in [0, 0.1) is 17.5 Å². The van der Waals surface area contributed by atoms with Crippen LogP contribution >= 0.6 is 0 Å². The van der Waals surface area contributed by atoms with E-state index < -0.39 is 17.5 Å². The second-order valence-corrected chi connectivity index (χ2v) is 2.38. The largest absolute Gasteiger partial charge is 0.493 e. The molecule has 0 radical (unpaired) electrons. The van der Waals surface area contributed by atoms with E-state index in [2.05, 4.69) is 4.74 Å². The Labute approximate surface area is 73.1 Å². The molecule has 0 aliphatic carbocycles. The Bertz CT molecular complexity index is 328. The lowest BCUT2D eigenvalue weighted by Gasteiger charge is -2.08. The van der Waals surface area contributed by atoms with E-state index in [4.69, 9.17) is 5.73 Å². The van der Waals surface area contributed by atoms with Gasteiger partial charge in [-0.25, -0.2) is 8.78 Å². The van der Waals surface area contributed by atoms with Crippen LogP contribution in [0.2, 0.25) is 0 Å². The van der Waals surface area contributed by atoms with Crippen molar-refractivity contribution >= 4 is 0 Å². The summed E-state index contributed by atoms with van der Waals surface area (Å²) in [6.07, 6.45) is 0. The van der Waals surface area contributed by atoms with E-state index >= 15 is 0 Å². The molecule has 0 unspecified atom stereocenters. The van der Waals surface area contributed by atoms with Crippen molar-refractivity contribution in [2.75, 3.05) is 7.11 Å². The highest BCUT2D eigenvalue weighted by Gasteiger charge is 2.18. The highest BCUT2D eigenvalue weighted by Crippen LogP contribution is 2.26. The van der Waals surface area contributed by atoms with Gasteiger partial charge in [-0.15, -0.1) is 0 Å². The number of methoxy groups -OCH3 is 1. The lowest BCUT2D eigenvalue weighted by molar-refractivity contribution is 0.355. The molecule has 0 saturated heterocycles. The Morgan fingerprint density at radius 1 is 1.31 bits per heavy atom. The third-order valence-corrected chi connectivity index (χ3v) is 1.62. The Morgan fingerprint density at radius 3 is 2.38 bits per heavy atom. The molecular weight excluding hydrogens is 183 g/mol. The predicted molar refractivity (Wildman–Crippen MR) is 40.8 cm³/mol. The van der Waals surface area contributed by atoms with Crippen molar-refractivity contribution in [2.24, 2.45) is 5.73 Å². The summed E-state index contributed by atoms with van der Waals surface area (Å²) >= 11 is 0. The van der Waals surface area contributed by atoms with Crippen molar-refractivity contribution in [1.82, 2.24) is 0 Å². The Kier molecular flexibility index (Phi) is 2.77. The fraction of sp³-hybridized carbons (Fsp3) is 0.250. The fourth-order valence-corrected chi connectivity index (χ4v) is 1.000. The molecule has 0 aliphatic heterocycles. The average molecular weight is 191 g/mol. The van der Waals surface area contributed by atoms with Gasteiger partial charge in [0.2, 0.25) is 5.82 Å². The highest BCUT2D eigenvalue weighted by atomic mass is 19.2. The van der Waals surface area contributed by atoms with Gasteiger partial charge in [0.15, 0.2) is 17.4 Å². The highest BCUT2D eigenvalue weighted by molar-refractivity contribution is 5.36. The molecule has 0 bridgehead atoms. The van der Waals surface area contributed by atoms with Crippen molar-refractivity contribution in [2.45, 2.75) is 6.54 Å². The molecule has 5 heteroatoms. The number of nitrogens with two attached hydrogens (primary N) is 1. The van der Waals surface area contributed by atoms with Gasteiger partial charge in [-0.05, 0) is 6.07 Å². The van der Waals surface area contributed by atoms with E-state index in [0.717, 1.165) is 13.2 Å². The van der Waals surface area contributed by atoms with Crippen LogP contribution < -0.4 is 10.5 Å². The van der Waals surface area contributed by atoms with Crippen LogP contribution in [0.1, 0.15) is 5.56 Å². The Hall–Kier alpha value is -1.23. The van der Waals surface area contributed by atoms with E-state index in [1.165, 1.54) is 0 Å². The monoisotopic (exact) mass is 191 g/mol. The standard InChI is InChI=1S/C8H8F3NO/c1-13-8-4(3-12)2-5(9)6(10)7(8)11/h2H,3,12H2,1H3. The minimum absolute atomic E-state index is 0.0962. The molecule has 0 aromatic heterocycles. The summed E-state index contributed by atoms with van der Waals surface area (Å²) in [5.41, 5.74) is 5.27. The van der Waals surface area contributed by atoms with Crippen molar-refractivity contribution in [3.8, 4) is 5.75 Å². The molecule has 0 amide bonds. The molecular formula is C8H8F3NO. The molecule has 1 rings (SSSR count). The zero-order chi connectivity index (χ0) is 10.0. The van der Waals surface area contributed by atoms with Gasteiger partial charge in [-0.1, -0.05) is 0 Å². The summed E-state index contributed by atoms with van der Waals surface area (Å²) in [5, 5.41) is 0. The predicted octanol–water partition coefficient (Wildman–Crippen LogP) is 1.57. The lowest BCUT2D eigenvalue weighted by Crippen LogP contribution is -2.05. The van der Waals surface area contributed by atoms with Gasteiger partial charge in [0, 0.05) is 12.1 Å². The molecule has 0 saturated carbocycles. The number of hydrogen-bond donors (Lipinski definition) is 1. The van der Waals surface area contributed by atoms with Gasteiger partial charge >= 0.3 is 0 Å². The normalized spacial score (nSPS) is 10.2. The first kappa shape index (κ1) is 9.85. The molecule has 13 heavy (non-hydrogen) atoms. The van der Waals surface area contributed by atoms with E-state index in [0.29, 0.717) is 0 Å². The first-order valence-corrected chi connectivity index (χ1v) is 3.52. The lowest BCUT2D eigenvalue weighted by atomic mass is 10.2. The van der Waals surface area contributed by atoms with E-state index in [-0.39, 0.29) is 17.9 Å². The average Bonchev–Trinajstić information content (AvgIpc) is 2.13. The second-order valence-electron chi connectivity index (χ2n) is 2.38. The Morgan fingerprint density at radius 2 is 1.92 bits per heavy atom. The van der Waals surface area contributed by atoms with Crippen molar-refractivity contribution < 1.29 is 17.9 Å².